The minimum Gasteiger partial charge on any atom is -0.589 e. The largest absolute Gasteiger partial charge is 0.589 e. The molecule has 1 rings (SSSR count). The molecular weight excluding hydrogens is 139 g/mol. The van der Waals surface area contributed by atoms with Crippen LogP contribution in [0.2, 0.25) is 0 Å². The topological polar surface area (TPSA) is 48.2 Å². The van der Waals surface area contributed by atoms with Crippen molar-refractivity contribution in [2.45, 2.75) is 0 Å². The van der Waals surface area contributed by atoms with Crippen molar-refractivity contribution in [2.24, 2.45) is 0 Å². The fraction of sp³-hybridized carbons (Fsp3) is 0. The van der Waals surface area contributed by atoms with E-state index in [0.717, 1.165) is 12.2 Å². The maximum absolute atomic E-state index is 9.98. The van der Waals surface area contributed by atoms with Crippen molar-refractivity contribution in [3.8, 4) is 0 Å². The first-order valence-corrected chi connectivity index (χ1v) is 1.77. The van der Waals surface area contributed by atoms with Crippen LogP contribution in [0.25, 0.3) is 5.32 Å². The molecule has 1 heterocycles. The molecule has 0 aliphatic carbocycles. The van der Waals surface area contributed by atoms with Gasteiger partial charge in [-0.25, -0.2) is 0 Å². The van der Waals surface area contributed by atoms with Crippen LogP contribution in [0.15, 0.2) is 12.2 Å². The Labute approximate surface area is 64.9 Å². The summed E-state index contributed by atoms with van der Waals surface area (Å²) >= 11 is 0. The fourth-order valence-electron chi connectivity index (χ4n) is 0.326. The molecule has 0 spiro atoms. The minimum absolute atomic E-state index is 0. The second-order valence-corrected chi connectivity index (χ2v) is 1.12. The van der Waals surface area contributed by atoms with Crippen LogP contribution in [0.1, 0.15) is 0 Å². The van der Waals surface area contributed by atoms with E-state index in [-0.39, 0.29) is 25.8 Å². The molecule has 8 heavy (non-hydrogen) atoms. The van der Waals surface area contributed by atoms with Gasteiger partial charge in [-0.05, 0) is 12.2 Å². The molecule has 0 aromatic rings. The summed E-state index contributed by atoms with van der Waals surface area (Å²) in [6.07, 6.45) is 2.28. The maximum Gasteiger partial charge on any atom is 0.0803 e. The fourth-order valence-corrected chi connectivity index (χ4v) is 0.326. The predicted octanol–water partition coefficient (Wildman–Crippen LogP) is -0.0194. The average molecular weight is 141 g/mol. The number of hydrogen-bond donors (Lipinski definition) is 0. The average Bonchev–Trinajstić information content (AvgIpc) is 1.87. The zero-order valence-electron chi connectivity index (χ0n) is 4.00. The Morgan fingerprint density at radius 1 is 1.12 bits per heavy atom. The number of hydrogen-bond acceptors (Lipinski definition) is 2. The van der Waals surface area contributed by atoms with Gasteiger partial charge in [0.05, 0.1) is 11.8 Å². The van der Waals surface area contributed by atoms with Gasteiger partial charge in [0.1, 0.15) is 0 Å². The summed E-state index contributed by atoms with van der Waals surface area (Å²) in [6.45, 7) is 0. The maximum atomic E-state index is 9.98. The first kappa shape index (κ1) is 7.75. The van der Waals surface area contributed by atoms with Crippen molar-refractivity contribution in [1.82, 2.24) is 0 Å². The Bertz CT molecular complexity index is 136. The standard InChI is InChI=1S/C4H3NO2.Sc/c6-3-1-2-4(7)5-3;/h1-2H,(H,5,6,7);/p-1. The van der Waals surface area contributed by atoms with E-state index < -0.39 is 11.8 Å². The molecule has 0 N–H and O–H groups in total. The van der Waals surface area contributed by atoms with Crippen molar-refractivity contribution in [3.05, 3.63) is 17.5 Å². The first-order chi connectivity index (χ1) is 3.29. The zero-order chi connectivity index (χ0) is 5.28. The molecule has 3 nitrogen and oxygen atoms in total. The second kappa shape index (κ2) is 2.91. The van der Waals surface area contributed by atoms with Crippen LogP contribution in [0, 0.1) is 0 Å². The quantitative estimate of drug-likeness (QED) is 0.445. The van der Waals surface area contributed by atoms with Gasteiger partial charge in [0.2, 0.25) is 0 Å². The van der Waals surface area contributed by atoms with Gasteiger partial charge in [-0.2, -0.15) is 0 Å². The number of carbonyl (C=O) groups excluding carboxylic acids is 2. The molecule has 0 saturated carbocycles. The number of carbonyl (C=O) groups is 2. The molecular formula is C4H2NO2Sc-. The summed E-state index contributed by atoms with van der Waals surface area (Å²) < 4.78 is 0. The van der Waals surface area contributed by atoms with E-state index in [1.807, 2.05) is 0 Å². The van der Waals surface area contributed by atoms with Crippen LogP contribution in [0.4, 0.5) is 0 Å². The molecule has 2 amide bonds. The van der Waals surface area contributed by atoms with Gasteiger partial charge >= 0.3 is 0 Å². The Kier molecular flexibility index (Phi) is 2.82. The van der Waals surface area contributed by atoms with Crippen LogP contribution in [0.5, 0.6) is 0 Å². The van der Waals surface area contributed by atoms with E-state index >= 15 is 0 Å². The van der Waals surface area contributed by atoms with E-state index in [0.29, 0.717) is 0 Å². The van der Waals surface area contributed by atoms with Gasteiger partial charge in [0, 0.05) is 25.8 Å². The van der Waals surface area contributed by atoms with E-state index in [9.17, 15) is 9.59 Å². The smallest absolute Gasteiger partial charge is 0.0803 e. The number of amides is 2. The number of rotatable bonds is 0. The molecule has 0 atom stereocenters. The normalized spacial score (nSPS) is 15.5. The number of nitrogens with zero attached hydrogens (tertiary/aromatic N) is 1. The van der Waals surface area contributed by atoms with Gasteiger partial charge in [0.15, 0.2) is 0 Å². The van der Waals surface area contributed by atoms with Gasteiger partial charge in [-0.1, -0.05) is 0 Å². The monoisotopic (exact) mass is 141 g/mol. The van der Waals surface area contributed by atoms with Gasteiger partial charge in [-0.15, -0.1) is 0 Å². The van der Waals surface area contributed by atoms with Crippen LogP contribution < -0.4 is 0 Å². The summed E-state index contributed by atoms with van der Waals surface area (Å²) in [5.74, 6) is -0.907. The van der Waals surface area contributed by atoms with E-state index in [1.165, 1.54) is 0 Å². The molecule has 0 aromatic carbocycles. The third kappa shape index (κ3) is 1.69. The Morgan fingerprint density at radius 2 is 1.50 bits per heavy atom. The third-order valence-electron chi connectivity index (χ3n) is 0.589. The molecule has 0 fully saturated rings. The molecule has 39 valence electrons. The van der Waals surface area contributed by atoms with Crippen LogP contribution in [-0.2, 0) is 35.4 Å². The molecule has 0 bridgehead atoms. The second-order valence-electron chi connectivity index (χ2n) is 1.12. The summed E-state index contributed by atoms with van der Waals surface area (Å²) in [4.78, 5) is 20.0. The summed E-state index contributed by atoms with van der Waals surface area (Å²) in [5, 5.41) is 3.00. The summed E-state index contributed by atoms with van der Waals surface area (Å²) in [5.41, 5.74) is 0. The molecule has 1 aliphatic rings. The van der Waals surface area contributed by atoms with Crippen LogP contribution >= 0.6 is 0 Å². The zero-order valence-corrected chi connectivity index (χ0v) is 5.80. The van der Waals surface area contributed by atoms with Crippen molar-refractivity contribution in [2.75, 3.05) is 0 Å². The van der Waals surface area contributed by atoms with Gasteiger partial charge < -0.3 is 14.9 Å². The van der Waals surface area contributed by atoms with Crippen molar-refractivity contribution in [3.63, 3.8) is 0 Å². The van der Waals surface area contributed by atoms with Crippen molar-refractivity contribution in [1.29, 1.82) is 0 Å². The van der Waals surface area contributed by atoms with E-state index in [1.54, 1.807) is 0 Å². The van der Waals surface area contributed by atoms with Crippen LogP contribution in [0.3, 0.4) is 0 Å². The van der Waals surface area contributed by atoms with Crippen molar-refractivity contribution >= 4 is 11.8 Å². The Morgan fingerprint density at radius 3 is 1.62 bits per heavy atom. The Balaban J connectivity index is 0.000000490. The molecule has 0 saturated heterocycles. The van der Waals surface area contributed by atoms with Crippen LogP contribution in [-0.4, -0.2) is 11.8 Å². The summed E-state index contributed by atoms with van der Waals surface area (Å²) in [6, 6.07) is 0. The first-order valence-electron chi connectivity index (χ1n) is 1.77. The third-order valence-corrected chi connectivity index (χ3v) is 0.589. The molecule has 4 heteroatoms. The van der Waals surface area contributed by atoms with Crippen molar-refractivity contribution < 1.29 is 35.4 Å². The summed E-state index contributed by atoms with van der Waals surface area (Å²) in [7, 11) is 0. The molecule has 0 aromatic heterocycles. The van der Waals surface area contributed by atoms with E-state index in [4.69, 9.17) is 0 Å². The molecule has 0 unspecified atom stereocenters. The van der Waals surface area contributed by atoms with E-state index in [2.05, 4.69) is 5.32 Å². The Hall–Kier alpha value is -0.250. The number of imide groups is 1. The molecule has 1 radical (unpaired) electrons. The minimum atomic E-state index is -0.454. The predicted molar refractivity (Wildman–Crippen MR) is 22.5 cm³/mol. The van der Waals surface area contributed by atoms with Gasteiger partial charge in [-0.3, -0.25) is 0 Å². The SMILES string of the molecule is O=C1C=CC(=O)[N-]1.[Sc]. The van der Waals surface area contributed by atoms with Gasteiger partial charge in [0.25, 0.3) is 0 Å². The molecule has 1 aliphatic heterocycles.